The molecule has 8 rings (SSSR count). The topological polar surface area (TPSA) is 137 Å². The Balaban J connectivity index is 0.000000167. The van der Waals surface area contributed by atoms with Crippen molar-refractivity contribution in [1.82, 2.24) is 0 Å². The molecule has 0 aliphatic heterocycles. The minimum atomic E-state index is -3.53. The number of fused-ring (bicyclic) bond motifs is 4. The van der Waals surface area contributed by atoms with Gasteiger partial charge in [-0.25, -0.2) is 33.7 Å². The highest BCUT2D eigenvalue weighted by atomic mass is 32.2. The maximum Gasteiger partial charge on any atom is 0.202 e. The number of hydrogen-bond acceptors (Lipinski definition) is 8. The first-order chi connectivity index (χ1) is 25.7. The van der Waals surface area contributed by atoms with Crippen molar-refractivity contribution in [2.75, 3.05) is 0 Å². The van der Waals surface area contributed by atoms with Gasteiger partial charge in [-0.3, -0.25) is 0 Å². The molecule has 0 heterocycles. The third-order valence-electron chi connectivity index (χ3n) is 10.4. The van der Waals surface area contributed by atoms with Gasteiger partial charge in [-0.1, -0.05) is 97.1 Å². The van der Waals surface area contributed by atoms with E-state index in [1.54, 1.807) is 146 Å². The quantitative estimate of drug-likeness (QED) is 0.174. The van der Waals surface area contributed by atoms with E-state index in [0.717, 1.165) is 12.8 Å². The van der Waals surface area contributed by atoms with E-state index < -0.39 is 39.3 Å². The molecule has 4 bridgehead atoms. The predicted molar refractivity (Wildman–Crippen MR) is 209 cm³/mol. The average Bonchev–Trinajstić information content (AvgIpc) is 3.18. The van der Waals surface area contributed by atoms with Crippen LogP contribution >= 0.6 is 0 Å². The van der Waals surface area contributed by atoms with E-state index >= 15 is 0 Å². The summed E-state index contributed by atoms with van der Waals surface area (Å²) in [7, 11) is -14.1. The van der Waals surface area contributed by atoms with Gasteiger partial charge in [0.1, 0.15) is 0 Å². The Kier molecular flexibility index (Phi) is 10.6. The van der Waals surface area contributed by atoms with Crippen LogP contribution in [-0.2, 0) is 39.3 Å². The molecule has 0 spiro atoms. The molecule has 8 nitrogen and oxygen atoms in total. The molecule has 0 saturated heterocycles. The molecule has 54 heavy (non-hydrogen) atoms. The number of benzene rings is 4. The van der Waals surface area contributed by atoms with Gasteiger partial charge < -0.3 is 0 Å². The molecule has 0 aromatic heterocycles. The van der Waals surface area contributed by atoms with Gasteiger partial charge >= 0.3 is 0 Å². The summed E-state index contributed by atoms with van der Waals surface area (Å²) in [5, 5.41) is 0. The fourth-order valence-corrected chi connectivity index (χ4v) is 14.3. The molecule has 4 aromatic carbocycles. The fourth-order valence-electron chi connectivity index (χ4n) is 7.78. The summed E-state index contributed by atoms with van der Waals surface area (Å²) in [6.07, 6.45) is 10.1. The zero-order valence-corrected chi connectivity index (χ0v) is 32.6. The Bertz CT molecular complexity index is 2420. The normalized spacial score (nSPS) is 22.7. The summed E-state index contributed by atoms with van der Waals surface area (Å²) < 4.78 is 103. The Morgan fingerprint density at radius 3 is 0.889 bits per heavy atom. The lowest BCUT2D eigenvalue weighted by Gasteiger charge is -2.32. The van der Waals surface area contributed by atoms with Crippen LogP contribution in [0.5, 0.6) is 0 Å². The lowest BCUT2D eigenvalue weighted by molar-refractivity contribution is 0.408. The van der Waals surface area contributed by atoms with Crippen LogP contribution in [0.1, 0.15) is 38.5 Å². The fraction of sp³-hybridized carbons (Fsp3) is 0.238. The molecule has 4 aliphatic carbocycles. The zero-order chi connectivity index (χ0) is 38.1. The van der Waals surface area contributed by atoms with Crippen molar-refractivity contribution >= 4 is 39.3 Å². The lowest BCUT2D eigenvalue weighted by Crippen LogP contribution is -2.24. The molecule has 0 fully saturated rings. The first kappa shape index (κ1) is 37.9. The standard InChI is InChI=1S/2C21H20O4S2/c2*22-26(23,18-7-3-1-4-8-18)20-12-16-11-17(13-20)15-21(14-16)27(24,25)19-9-5-2-6-10-19/h1-10,12,15-17H,11,13-14H2;1-10,12,14,16-17H,11,13,15H2. The molecule has 0 N–H and O–H groups in total. The second-order valence-corrected chi connectivity index (χ2v) is 22.1. The lowest BCUT2D eigenvalue weighted by atomic mass is 9.80. The van der Waals surface area contributed by atoms with Crippen molar-refractivity contribution in [2.24, 2.45) is 23.7 Å². The highest BCUT2D eigenvalue weighted by Gasteiger charge is 2.37. The maximum absolute atomic E-state index is 12.9. The molecule has 2 unspecified atom stereocenters. The molecule has 4 aliphatic rings. The monoisotopic (exact) mass is 800 g/mol. The largest absolute Gasteiger partial charge is 0.219 e. The first-order valence-electron chi connectivity index (χ1n) is 17.8. The minimum absolute atomic E-state index is 0.0203. The highest BCUT2D eigenvalue weighted by Crippen LogP contribution is 2.45. The summed E-state index contributed by atoms with van der Waals surface area (Å²) in [5.41, 5.74) is 0. The Morgan fingerprint density at radius 2 is 0.611 bits per heavy atom. The van der Waals surface area contributed by atoms with E-state index in [2.05, 4.69) is 0 Å². The minimum Gasteiger partial charge on any atom is -0.219 e. The Hall–Kier alpha value is -4.36. The summed E-state index contributed by atoms with van der Waals surface area (Å²) in [5.74, 6) is -0.294. The van der Waals surface area contributed by atoms with Crippen molar-refractivity contribution in [1.29, 1.82) is 0 Å². The van der Waals surface area contributed by atoms with Gasteiger partial charge in [0.15, 0.2) is 0 Å². The third kappa shape index (κ3) is 7.75. The van der Waals surface area contributed by atoms with Gasteiger partial charge in [0.2, 0.25) is 39.3 Å². The highest BCUT2D eigenvalue weighted by molar-refractivity contribution is 7.96. The summed E-state index contributed by atoms with van der Waals surface area (Å²) in [4.78, 5) is 2.78. The van der Waals surface area contributed by atoms with Gasteiger partial charge in [0, 0.05) is 19.6 Å². The van der Waals surface area contributed by atoms with Crippen molar-refractivity contribution in [3.05, 3.63) is 165 Å². The molecule has 280 valence electrons. The van der Waals surface area contributed by atoms with E-state index in [9.17, 15) is 33.7 Å². The summed E-state index contributed by atoms with van der Waals surface area (Å²) in [6.45, 7) is 0. The molecule has 0 amide bonds. The van der Waals surface area contributed by atoms with E-state index in [4.69, 9.17) is 0 Å². The van der Waals surface area contributed by atoms with Crippen molar-refractivity contribution in [3.8, 4) is 0 Å². The summed E-state index contributed by atoms with van der Waals surface area (Å²) >= 11 is 0. The smallest absolute Gasteiger partial charge is 0.202 e. The molecule has 0 saturated carbocycles. The number of rotatable bonds is 8. The van der Waals surface area contributed by atoms with Gasteiger partial charge in [0.05, 0.1) is 19.6 Å². The van der Waals surface area contributed by atoms with Crippen molar-refractivity contribution in [2.45, 2.75) is 58.1 Å². The van der Waals surface area contributed by atoms with Crippen LogP contribution in [0.2, 0.25) is 0 Å². The molecular formula is C42H40O8S4. The first-order valence-corrected chi connectivity index (χ1v) is 23.7. The predicted octanol–water partition coefficient (Wildman–Crippen LogP) is 8.26. The molecular weight excluding hydrogens is 761 g/mol. The van der Waals surface area contributed by atoms with Gasteiger partial charge in [0.25, 0.3) is 0 Å². The van der Waals surface area contributed by atoms with Gasteiger partial charge in [-0.2, -0.15) is 0 Å². The maximum atomic E-state index is 12.9. The van der Waals surface area contributed by atoms with Crippen LogP contribution in [0.25, 0.3) is 0 Å². The van der Waals surface area contributed by atoms with E-state index in [0.29, 0.717) is 45.3 Å². The number of allylic oxidation sites excluding steroid dienone is 8. The van der Waals surface area contributed by atoms with Crippen molar-refractivity contribution < 1.29 is 33.7 Å². The van der Waals surface area contributed by atoms with Crippen LogP contribution in [0.3, 0.4) is 0 Å². The van der Waals surface area contributed by atoms with Crippen LogP contribution in [0.15, 0.2) is 185 Å². The number of sulfone groups is 4. The number of hydrogen-bond donors (Lipinski definition) is 0. The Labute approximate surface area is 318 Å². The van der Waals surface area contributed by atoms with E-state index in [-0.39, 0.29) is 43.3 Å². The summed E-state index contributed by atoms with van der Waals surface area (Å²) in [6, 6.07) is 33.6. The Morgan fingerprint density at radius 1 is 0.333 bits per heavy atom. The van der Waals surface area contributed by atoms with Crippen LogP contribution in [-0.4, -0.2) is 33.7 Å². The molecule has 0 radical (unpaired) electrons. The average molecular weight is 801 g/mol. The van der Waals surface area contributed by atoms with Gasteiger partial charge in [-0.05, 0) is 111 Å². The molecule has 2 atom stereocenters. The van der Waals surface area contributed by atoms with Gasteiger partial charge in [-0.15, -0.1) is 0 Å². The van der Waals surface area contributed by atoms with Crippen LogP contribution in [0, 0.1) is 23.7 Å². The molecule has 12 heteroatoms. The van der Waals surface area contributed by atoms with Crippen molar-refractivity contribution in [3.63, 3.8) is 0 Å². The molecule has 4 aromatic rings. The SMILES string of the molecule is O=S(=O)(C1=CC2C=C(S(=O)(=O)c3ccccc3)CC(C1)C2)c1ccccc1.O=S(=O)(C1=CC2CC(S(=O)(=O)c3ccccc3)=CC(C1)C2)c1ccccc1. The third-order valence-corrected chi connectivity index (χ3v) is 17.9. The second-order valence-electron chi connectivity index (χ2n) is 14.1. The van der Waals surface area contributed by atoms with Crippen LogP contribution < -0.4 is 0 Å². The van der Waals surface area contributed by atoms with E-state index in [1.807, 2.05) is 0 Å². The van der Waals surface area contributed by atoms with E-state index in [1.165, 1.54) is 0 Å². The van der Waals surface area contributed by atoms with Crippen LogP contribution in [0.4, 0.5) is 0 Å². The zero-order valence-electron chi connectivity index (χ0n) is 29.3. The second kappa shape index (κ2) is 15.1.